The van der Waals surface area contributed by atoms with Gasteiger partial charge in [-0.3, -0.25) is 4.79 Å². The monoisotopic (exact) mass is 415 g/mol. The molecule has 0 atom stereocenters. The van der Waals surface area contributed by atoms with Crippen LogP contribution in [0.3, 0.4) is 0 Å². The van der Waals surface area contributed by atoms with Crippen LogP contribution in [-0.4, -0.2) is 38.3 Å². The number of nitrogens with one attached hydrogen (secondary N) is 2. The van der Waals surface area contributed by atoms with E-state index < -0.39 is 10.0 Å². The lowest BCUT2D eigenvalue weighted by Gasteiger charge is -2.20. The molecule has 0 bridgehead atoms. The molecule has 1 amide bonds. The van der Waals surface area contributed by atoms with Gasteiger partial charge in [0.15, 0.2) is 0 Å². The summed E-state index contributed by atoms with van der Waals surface area (Å²) in [6.45, 7) is 5.15. The van der Waals surface area contributed by atoms with Crippen LogP contribution in [0.2, 0.25) is 0 Å². The average Bonchev–Trinajstić information content (AvgIpc) is 2.99. The number of nitrogens with zero attached hydrogens (tertiary/aromatic N) is 1. The lowest BCUT2D eigenvalue weighted by Crippen LogP contribution is -2.32. The molecule has 0 aromatic heterocycles. The van der Waals surface area contributed by atoms with E-state index >= 15 is 0 Å². The van der Waals surface area contributed by atoms with Crippen LogP contribution in [0.1, 0.15) is 36.8 Å². The molecule has 1 aliphatic heterocycles. The number of aryl methyl sites for hydroxylation is 2. The van der Waals surface area contributed by atoms with Crippen molar-refractivity contribution in [3.63, 3.8) is 0 Å². The zero-order chi connectivity index (χ0) is 20.9. The molecule has 1 saturated heterocycles. The Balaban J connectivity index is 1.64. The van der Waals surface area contributed by atoms with Crippen molar-refractivity contribution in [2.24, 2.45) is 0 Å². The first kappa shape index (κ1) is 21.3. The van der Waals surface area contributed by atoms with Crippen LogP contribution in [-0.2, 0) is 14.8 Å². The van der Waals surface area contributed by atoms with Gasteiger partial charge in [-0.05, 0) is 56.5 Å². The van der Waals surface area contributed by atoms with Crippen LogP contribution in [0.25, 0.3) is 0 Å². The molecule has 0 unspecified atom stereocenters. The van der Waals surface area contributed by atoms with E-state index in [9.17, 15) is 13.2 Å². The highest BCUT2D eigenvalue weighted by atomic mass is 32.2. The van der Waals surface area contributed by atoms with Crippen LogP contribution in [0.15, 0.2) is 47.4 Å². The van der Waals surface area contributed by atoms with E-state index in [1.807, 2.05) is 32.0 Å². The summed E-state index contributed by atoms with van der Waals surface area (Å²) in [6.07, 6.45) is 3.94. The topological polar surface area (TPSA) is 78.5 Å². The van der Waals surface area contributed by atoms with E-state index in [1.165, 1.54) is 0 Å². The van der Waals surface area contributed by atoms with Crippen molar-refractivity contribution in [1.29, 1.82) is 0 Å². The van der Waals surface area contributed by atoms with Gasteiger partial charge in [0.2, 0.25) is 15.9 Å². The number of carbonyl (C=O) groups is 1. The molecule has 1 aliphatic rings. The summed E-state index contributed by atoms with van der Waals surface area (Å²) in [5.41, 5.74) is 3.53. The zero-order valence-corrected chi connectivity index (χ0v) is 17.9. The number of anilines is 2. The summed E-state index contributed by atoms with van der Waals surface area (Å²) in [5.74, 6) is -0.183. The van der Waals surface area contributed by atoms with Gasteiger partial charge in [-0.1, -0.05) is 36.6 Å². The Morgan fingerprint density at radius 3 is 2.41 bits per heavy atom. The quantitative estimate of drug-likeness (QED) is 0.750. The second kappa shape index (κ2) is 9.41. The third-order valence-corrected chi connectivity index (χ3v) is 7.04. The normalized spacial score (nSPS) is 15.5. The number of sulfonamides is 1. The van der Waals surface area contributed by atoms with Gasteiger partial charge in [-0.25, -0.2) is 8.42 Å². The standard InChI is InChI=1S/C22H29N3O3S/c1-17-10-11-21(18(2)14-17)24-22(26)16-23-19-8-7-9-20(15-19)29(27,28)25-12-5-3-4-6-13-25/h7-11,14-15,23H,3-6,12-13,16H2,1-2H3,(H,24,26). The predicted molar refractivity (Wildman–Crippen MR) is 117 cm³/mol. The molecule has 0 aliphatic carbocycles. The lowest BCUT2D eigenvalue weighted by atomic mass is 10.1. The average molecular weight is 416 g/mol. The first-order chi connectivity index (χ1) is 13.9. The Bertz CT molecular complexity index is 965. The van der Waals surface area contributed by atoms with Crippen molar-refractivity contribution in [1.82, 2.24) is 4.31 Å². The molecule has 0 radical (unpaired) electrons. The number of amides is 1. The summed E-state index contributed by atoms with van der Waals surface area (Å²) in [4.78, 5) is 12.6. The summed E-state index contributed by atoms with van der Waals surface area (Å²) >= 11 is 0. The van der Waals surface area contributed by atoms with Crippen LogP contribution in [0, 0.1) is 13.8 Å². The highest BCUT2D eigenvalue weighted by Crippen LogP contribution is 2.23. The number of rotatable bonds is 6. The number of hydrogen-bond acceptors (Lipinski definition) is 4. The summed E-state index contributed by atoms with van der Waals surface area (Å²) in [7, 11) is -3.51. The number of hydrogen-bond donors (Lipinski definition) is 2. The fourth-order valence-corrected chi connectivity index (χ4v) is 5.09. The van der Waals surface area contributed by atoms with Crippen molar-refractivity contribution in [3.05, 3.63) is 53.6 Å². The molecular weight excluding hydrogens is 386 g/mol. The van der Waals surface area contributed by atoms with E-state index in [0.717, 1.165) is 42.5 Å². The van der Waals surface area contributed by atoms with Crippen LogP contribution >= 0.6 is 0 Å². The van der Waals surface area contributed by atoms with Gasteiger partial charge in [-0.2, -0.15) is 4.31 Å². The van der Waals surface area contributed by atoms with Crippen molar-refractivity contribution in [2.45, 2.75) is 44.4 Å². The third kappa shape index (κ3) is 5.58. The summed E-state index contributed by atoms with van der Waals surface area (Å²) in [6, 6.07) is 12.5. The Kier molecular flexibility index (Phi) is 6.92. The van der Waals surface area contributed by atoms with Gasteiger partial charge in [0, 0.05) is 24.5 Å². The fourth-order valence-electron chi connectivity index (χ4n) is 3.53. The van der Waals surface area contributed by atoms with Gasteiger partial charge >= 0.3 is 0 Å². The van der Waals surface area contributed by atoms with E-state index in [4.69, 9.17) is 0 Å². The molecular formula is C22H29N3O3S. The maximum absolute atomic E-state index is 13.0. The molecule has 6 nitrogen and oxygen atoms in total. The van der Waals surface area contributed by atoms with E-state index in [2.05, 4.69) is 10.6 Å². The Hall–Kier alpha value is -2.38. The van der Waals surface area contributed by atoms with E-state index in [-0.39, 0.29) is 17.3 Å². The molecule has 2 N–H and O–H groups in total. The number of benzene rings is 2. The minimum atomic E-state index is -3.51. The second-order valence-electron chi connectivity index (χ2n) is 7.57. The molecule has 1 fully saturated rings. The van der Waals surface area contributed by atoms with Gasteiger partial charge in [0.05, 0.1) is 11.4 Å². The number of carbonyl (C=O) groups excluding carboxylic acids is 1. The summed E-state index contributed by atoms with van der Waals surface area (Å²) in [5, 5.41) is 5.91. The van der Waals surface area contributed by atoms with Crippen molar-refractivity contribution >= 4 is 27.3 Å². The van der Waals surface area contributed by atoms with Gasteiger partial charge in [0.25, 0.3) is 0 Å². The minimum absolute atomic E-state index is 0.0561. The smallest absolute Gasteiger partial charge is 0.243 e. The summed E-state index contributed by atoms with van der Waals surface area (Å²) < 4.78 is 27.5. The Morgan fingerprint density at radius 2 is 1.72 bits per heavy atom. The SMILES string of the molecule is Cc1ccc(NC(=O)CNc2cccc(S(=O)(=O)N3CCCCCC3)c2)c(C)c1. The maximum atomic E-state index is 13.0. The maximum Gasteiger partial charge on any atom is 0.243 e. The predicted octanol–water partition coefficient (Wildman–Crippen LogP) is 3.92. The fraction of sp³-hybridized carbons (Fsp3) is 0.409. The highest BCUT2D eigenvalue weighted by Gasteiger charge is 2.25. The molecule has 2 aromatic carbocycles. The van der Waals surface area contributed by atoms with E-state index in [0.29, 0.717) is 18.8 Å². The molecule has 29 heavy (non-hydrogen) atoms. The molecule has 0 saturated carbocycles. The van der Waals surface area contributed by atoms with Gasteiger partial charge in [-0.15, -0.1) is 0 Å². The highest BCUT2D eigenvalue weighted by molar-refractivity contribution is 7.89. The lowest BCUT2D eigenvalue weighted by molar-refractivity contribution is -0.114. The van der Waals surface area contributed by atoms with Crippen molar-refractivity contribution in [2.75, 3.05) is 30.3 Å². The first-order valence-corrected chi connectivity index (χ1v) is 11.5. The molecule has 2 aromatic rings. The van der Waals surface area contributed by atoms with Gasteiger partial charge < -0.3 is 10.6 Å². The Morgan fingerprint density at radius 1 is 1.00 bits per heavy atom. The van der Waals surface area contributed by atoms with E-state index in [1.54, 1.807) is 28.6 Å². The van der Waals surface area contributed by atoms with Crippen molar-refractivity contribution < 1.29 is 13.2 Å². The zero-order valence-electron chi connectivity index (χ0n) is 17.1. The molecule has 3 rings (SSSR count). The first-order valence-electron chi connectivity index (χ1n) is 10.1. The minimum Gasteiger partial charge on any atom is -0.376 e. The third-order valence-electron chi connectivity index (χ3n) is 5.15. The second-order valence-corrected chi connectivity index (χ2v) is 9.50. The molecule has 7 heteroatoms. The van der Waals surface area contributed by atoms with Gasteiger partial charge in [0.1, 0.15) is 0 Å². The van der Waals surface area contributed by atoms with Crippen LogP contribution in [0.5, 0.6) is 0 Å². The van der Waals surface area contributed by atoms with Crippen LogP contribution in [0.4, 0.5) is 11.4 Å². The van der Waals surface area contributed by atoms with Crippen LogP contribution < -0.4 is 10.6 Å². The largest absolute Gasteiger partial charge is 0.376 e. The van der Waals surface area contributed by atoms with Crippen molar-refractivity contribution in [3.8, 4) is 0 Å². The Labute approximate surface area is 173 Å². The molecule has 1 heterocycles. The molecule has 156 valence electrons. The molecule has 0 spiro atoms.